The van der Waals surface area contributed by atoms with Crippen LogP contribution >= 0.6 is 0 Å². The van der Waals surface area contributed by atoms with Crippen molar-refractivity contribution in [3.05, 3.63) is 64.9 Å². The van der Waals surface area contributed by atoms with Crippen LogP contribution in [-0.2, 0) is 11.3 Å². The van der Waals surface area contributed by atoms with Gasteiger partial charge >= 0.3 is 0 Å². The topological polar surface area (TPSA) is 121 Å². The van der Waals surface area contributed by atoms with E-state index >= 15 is 0 Å². The Morgan fingerprint density at radius 3 is 2.94 bits per heavy atom. The van der Waals surface area contributed by atoms with E-state index in [4.69, 9.17) is 14.0 Å². The van der Waals surface area contributed by atoms with Crippen molar-refractivity contribution in [2.75, 3.05) is 6.79 Å². The number of nitrogens with zero attached hydrogens (tertiary/aromatic N) is 4. The Morgan fingerprint density at radius 1 is 1.19 bits per heavy atom. The quantitative estimate of drug-likeness (QED) is 0.522. The van der Waals surface area contributed by atoms with Crippen molar-refractivity contribution in [2.45, 2.75) is 19.5 Å². The lowest BCUT2D eigenvalue weighted by Gasteiger charge is -2.10. The fourth-order valence-corrected chi connectivity index (χ4v) is 3.29. The molecule has 0 aliphatic carbocycles. The molecule has 2 aromatic heterocycles. The number of rotatable bonds is 5. The highest BCUT2D eigenvalue weighted by molar-refractivity contribution is 5.81. The molecule has 0 bridgehead atoms. The first-order valence-corrected chi connectivity index (χ1v) is 9.56. The maximum atomic E-state index is 12.5. The summed E-state index contributed by atoms with van der Waals surface area (Å²) in [7, 11) is 0. The molecule has 10 nitrogen and oxygen atoms in total. The van der Waals surface area contributed by atoms with Gasteiger partial charge in [0.1, 0.15) is 12.6 Å². The van der Waals surface area contributed by atoms with Crippen molar-refractivity contribution < 1.29 is 18.8 Å². The van der Waals surface area contributed by atoms with Crippen LogP contribution in [0.1, 0.15) is 18.9 Å². The van der Waals surface area contributed by atoms with E-state index in [0.717, 1.165) is 10.1 Å². The van der Waals surface area contributed by atoms with Gasteiger partial charge in [-0.2, -0.15) is 10.1 Å². The van der Waals surface area contributed by atoms with Crippen LogP contribution in [0.3, 0.4) is 0 Å². The van der Waals surface area contributed by atoms with Crippen molar-refractivity contribution >= 4 is 16.7 Å². The van der Waals surface area contributed by atoms with Gasteiger partial charge in [0.25, 0.3) is 5.56 Å². The summed E-state index contributed by atoms with van der Waals surface area (Å²) in [5, 5.41) is 12.0. The zero-order chi connectivity index (χ0) is 21.4. The molecule has 4 aromatic rings. The lowest BCUT2D eigenvalue weighted by molar-refractivity contribution is -0.122. The Hall–Kier alpha value is -4.21. The zero-order valence-electron chi connectivity index (χ0n) is 16.4. The smallest absolute Gasteiger partial charge is 0.275 e. The molecule has 1 N–H and O–H groups in total. The van der Waals surface area contributed by atoms with E-state index in [1.807, 2.05) is 6.07 Å². The molecule has 0 unspecified atom stereocenters. The second-order valence-corrected chi connectivity index (χ2v) is 7.01. The van der Waals surface area contributed by atoms with Gasteiger partial charge < -0.3 is 19.3 Å². The van der Waals surface area contributed by atoms with Gasteiger partial charge in [-0.05, 0) is 31.2 Å². The molecule has 1 amide bonds. The van der Waals surface area contributed by atoms with Gasteiger partial charge in [0, 0.05) is 10.9 Å². The average Bonchev–Trinajstić information content (AvgIpc) is 3.45. The maximum Gasteiger partial charge on any atom is 0.275 e. The Bertz CT molecular complexity index is 1350. The van der Waals surface area contributed by atoms with Crippen LogP contribution in [0.25, 0.3) is 22.2 Å². The van der Waals surface area contributed by atoms with Gasteiger partial charge in [-0.1, -0.05) is 23.4 Å². The standard InChI is InChI=1S/C21H17N5O5/c1-12(20-24-19(25-31-20)13-6-7-16-17(8-13)30-11-29-16)23-18(27)10-26-21(28)15-5-3-2-4-14(15)9-22-26/h2-9,12H,10-11H2,1H3,(H,23,27)/t12-/m0/s1. The van der Waals surface area contributed by atoms with Gasteiger partial charge in [0.15, 0.2) is 11.5 Å². The van der Waals surface area contributed by atoms with E-state index in [-0.39, 0.29) is 24.8 Å². The summed E-state index contributed by atoms with van der Waals surface area (Å²) in [6.45, 7) is 1.66. The van der Waals surface area contributed by atoms with E-state index in [9.17, 15) is 9.59 Å². The SMILES string of the molecule is C[C@H](NC(=O)Cn1ncc2ccccc2c1=O)c1nc(-c2ccc3c(c2)OCO3)no1. The number of fused-ring (bicyclic) bond motifs is 2. The Kier molecular flexibility index (Phi) is 4.58. The van der Waals surface area contributed by atoms with Gasteiger partial charge in [-0.3, -0.25) is 9.59 Å². The van der Waals surface area contributed by atoms with Crippen LogP contribution in [0.5, 0.6) is 11.5 Å². The number of aromatic nitrogens is 4. The van der Waals surface area contributed by atoms with Gasteiger partial charge in [0.2, 0.25) is 24.4 Å². The number of nitrogens with one attached hydrogen (secondary N) is 1. The van der Waals surface area contributed by atoms with Gasteiger partial charge in [-0.25, -0.2) is 4.68 Å². The summed E-state index contributed by atoms with van der Waals surface area (Å²) in [4.78, 5) is 29.3. The Morgan fingerprint density at radius 2 is 2.03 bits per heavy atom. The van der Waals surface area contributed by atoms with Gasteiger partial charge in [-0.15, -0.1) is 0 Å². The normalized spacial score (nSPS) is 13.3. The fourth-order valence-electron chi connectivity index (χ4n) is 3.29. The first-order chi connectivity index (χ1) is 15.1. The lowest BCUT2D eigenvalue weighted by Crippen LogP contribution is -2.35. The first kappa shape index (κ1) is 18.8. The fraction of sp³-hybridized carbons (Fsp3) is 0.190. The van der Waals surface area contributed by atoms with Crippen molar-refractivity contribution in [2.24, 2.45) is 0 Å². The molecule has 10 heteroatoms. The number of carbonyl (C=O) groups excluding carboxylic acids is 1. The summed E-state index contributed by atoms with van der Waals surface area (Å²) in [6, 6.07) is 11.9. The highest BCUT2D eigenvalue weighted by Crippen LogP contribution is 2.35. The van der Waals surface area contributed by atoms with Crippen molar-refractivity contribution in [1.29, 1.82) is 0 Å². The minimum Gasteiger partial charge on any atom is -0.454 e. The predicted octanol–water partition coefficient (Wildman–Crippen LogP) is 2.05. The molecule has 1 aliphatic rings. The largest absolute Gasteiger partial charge is 0.454 e. The molecule has 1 atom stereocenters. The third-order valence-corrected chi connectivity index (χ3v) is 4.88. The number of hydrogen-bond acceptors (Lipinski definition) is 8. The highest BCUT2D eigenvalue weighted by atomic mass is 16.7. The van der Waals surface area contributed by atoms with Crippen LogP contribution in [0.2, 0.25) is 0 Å². The number of hydrogen-bond donors (Lipinski definition) is 1. The molecule has 3 heterocycles. The summed E-state index contributed by atoms with van der Waals surface area (Å²) in [5.41, 5.74) is 0.369. The molecule has 1 aliphatic heterocycles. The van der Waals surface area contributed by atoms with Crippen molar-refractivity contribution in [1.82, 2.24) is 25.2 Å². The summed E-state index contributed by atoms with van der Waals surface area (Å²) in [5.74, 6) is 1.46. The molecular weight excluding hydrogens is 402 g/mol. The third-order valence-electron chi connectivity index (χ3n) is 4.88. The maximum absolute atomic E-state index is 12.5. The molecule has 156 valence electrons. The lowest BCUT2D eigenvalue weighted by atomic mass is 10.2. The van der Waals surface area contributed by atoms with Crippen LogP contribution in [-0.4, -0.2) is 32.6 Å². The molecule has 0 saturated carbocycles. The van der Waals surface area contributed by atoms with Crippen LogP contribution in [0.4, 0.5) is 0 Å². The van der Waals surface area contributed by atoms with E-state index < -0.39 is 11.9 Å². The number of amides is 1. The molecule has 0 spiro atoms. The number of ether oxygens (including phenoxy) is 2. The molecule has 31 heavy (non-hydrogen) atoms. The minimum atomic E-state index is -0.557. The summed E-state index contributed by atoms with van der Waals surface area (Å²) in [6.07, 6.45) is 1.56. The summed E-state index contributed by atoms with van der Waals surface area (Å²) >= 11 is 0. The van der Waals surface area contributed by atoms with Crippen LogP contribution in [0.15, 0.2) is 58.0 Å². The van der Waals surface area contributed by atoms with Crippen molar-refractivity contribution in [3.63, 3.8) is 0 Å². The average molecular weight is 419 g/mol. The molecule has 5 rings (SSSR count). The zero-order valence-corrected chi connectivity index (χ0v) is 16.4. The van der Waals surface area contributed by atoms with E-state index in [0.29, 0.717) is 28.3 Å². The Balaban J connectivity index is 1.28. The molecular formula is C21H17N5O5. The molecule has 2 aromatic carbocycles. The summed E-state index contributed by atoms with van der Waals surface area (Å²) < 4.78 is 17.1. The van der Waals surface area contributed by atoms with Crippen molar-refractivity contribution in [3.8, 4) is 22.9 Å². The first-order valence-electron chi connectivity index (χ1n) is 9.56. The highest BCUT2D eigenvalue weighted by Gasteiger charge is 2.20. The van der Waals surface area contributed by atoms with Gasteiger partial charge in [0.05, 0.1) is 11.6 Å². The monoisotopic (exact) mass is 419 g/mol. The molecule has 0 saturated heterocycles. The second kappa shape index (κ2) is 7.56. The number of benzene rings is 2. The Labute approximate surface area is 175 Å². The van der Waals surface area contributed by atoms with Crippen LogP contribution < -0.4 is 20.3 Å². The van der Waals surface area contributed by atoms with E-state index in [1.165, 1.54) is 0 Å². The number of carbonyl (C=O) groups is 1. The second-order valence-electron chi connectivity index (χ2n) is 7.01. The molecule has 0 radical (unpaired) electrons. The van der Waals surface area contributed by atoms with Crippen LogP contribution in [0, 0.1) is 0 Å². The van der Waals surface area contributed by atoms with E-state index in [2.05, 4.69) is 20.6 Å². The predicted molar refractivity (Wildman–Crippen MR) is 108 cm³/mol. The molecule has 0 fully saturated rings. The minimum absolute atomic E-state index is 0.175. The third kappa shape index (κ3) is 3.59. The van der Waals surface area contributed by atoms with E-state index in [1.54, 1.807) is 49.5 Å².